The molecule has 2 aromatic carbocycles. The fourth-order valence-corrected chi connectivity index (χ4v) is 2.79. The van der Waals surface area contributed by atoms with Gasteiger partial charge in [0, 0.05) is 12.0 Å². The lowest BCUT2D eigenvalue weighted by Gasteiger charge is -2.13. The van der Waals surface area contributed by atoms with Crippen molar-refractivity contribution in [2.24, 2.45) is 4.99 Å². The molecule has 0 saturated heterocycles. The Morgan fingerprint density at radius 1 is 1.28 bits per heavy atom. The Bertz CT molecular complexity index is 1030. The molecule has 150 valence electrons. The second-order valence-electron chi connectivity index (χ2n) is 5.94. The Balaban J connectivity index is 1.96. The van der Waals surface area contributed by atoms with E-state index in [4.69, 9.17) is 25.8 Å². The fraction of sp³-hybridized carbons (Fsp3) is 0.190. The molecule has 1 aliphatic heterocycles. The fourth-order valence-electron chi connectivity index (χ4n) is 2.53. The minimum Gasteiger partial charge on any atom is -0.490 e. The van der Waals surface area contributed by atoms with Crippen LogP contribution >= 0.6 is 11.6 Å². The molecule has 0 radical (unpaired) electrons. The highest BCUT2D eigenvalue weighted by molar-refractivity contribution is 6.32. The molecule has 0 N–H and O–H groups in total. The first kappa shape index (κ1) is 20.5. The number of ether oxygens (including phenoxy) is 3. The third kappa shape index (κ3) is 4.81. The van der Waals surface area contributed by atoms with Gasteiger partial charge in [0.1, 0.15) is 5.82 Å². The average molecular weight is 418 g/mol. The summed E-state index contributed by atoms with van der Waals surface area (Å²) in [5.41, 5.74) is 0.851. The van der Waals surface area contributed by atoms with Crippen LogP contribution in [0.3, 0.4) is 0 Å². The van der Waals surface area contributed by atoms with Gasteiger partial charge in [-0.15, -0.1) is 0 Å². The molecule has 0 unspecified atom stereocenters. The molecule has 1 heterocycles. The second-order valence-corrected chi connectivity index (χ2v) is 6.34. The van der Waals surface area contributed by atoms with Crippen LogP contribution < -0.4 is 9.47 Å². The molecule has 0 spiro atoms. The van der Waals surface area contributed by atoms with E-state index >= 15 is 0 Å². The van der Waals surface area contributed by atoms with Gasteiger partial charge < -0.3 is 14.2 Å². The van der Waals surface area contributed by atoms with E-state index in [-0.39, 0.29) is 34.5 Å². The third-order valence-electron chi connectivity index (χ3n) is 3.83. The van der Waals surface area contributed by atoms with Crippen molar-refractivity contribution in [2.45, 2.75) is 20.3 Å². The molecule has 29 heavy (non-hydrogen) atoms. The van der Waals surface area contributed by atoms with Gasteiger partial charge in [-0.05, 0) is 48.9 Å². The Labute approximate surface area is 171 Å². The number of cyclic esters (lactones) is 1. The topological polar surface area (TPSA) is 74.2 Å². The van der Waals surface area contributed by atoms with Crippen molar-refractivity contribution in [3.63, 3.8) is 0 Å². The van der Waals surface area contributed by atoms with Crippen LogP contribution in [0.15, 0.2) is 47.1 Å². The Hall–Kier alpha value is -3.19. The molecule has 8 heteroatoms. The Morgan fingerprint density at radius 3 is 2.76 bits per heavy atom. The van der Waals surface area contributed by atoms with Crippen LogP contribution in [0.2, 0.25) is 5.02 Å². The summed E-state index contributed by atoms with van der Waals surface area (Å²) in [5.74, 6) is -1.23. The maximum atomic E-state index is 13.4. The standard InChI is InChI=1S/C21H17ClFNO5/c1-3-18(25)28-19-15(22)8-12(10-17(19)27-4-2)9-16-21(26)29-20(24-16)13-6-5-7-14(23)11-13/h5-11H,3-4H2,1-2H3/b16-9-. The van der Waals surface area contributed by atoms with Gasteiger partial charge in [-0.2, -0.15) is 0 Å². The molecule has 0 amide bonds. The van der Waals surface area contributed by atoms with Crippen LogP contribution in [-0.2, 0) is 14.3 Å². The number of aliphatic imine (C=N–C) groups is 1. The van der Waals surface area contributed by atoms with Gasteiger partial charge in [0.25, 0.3) is 0 Å². The zero-order valence-electron chi connectivity index (χ0n) is 15.7. The van der Waals surface area contributed by atoms with Gasteiger partial charge in [0.05, 0.1) is 11.6 Å². The predicted octanol–water partition coefficient (Wildman–Crippen LogP) is 4.54. The van der Waals surface area contributed by atoms with E-state index in [1.165, 1.54) is 30.3 Å². The van der Waals surface area contributed by atoms with Gasteiger partial charge in [-0.1, -0.05) is 24.6 Å². The van der Waals surface area contributed by atoms with Gasteiger partial charge in [0.2, 0.25) is 5.90 Å². The first-order valence-electron chi connectivity index (χ1n) is 8.86. The summed E-state index contributed by atoms with van der Waals surface area (Å²) in [4.78, 5) is 27.9. The van der Waals surface area contributed by atoms with Crippen molar-refractivity contribution < 1.29 is 28.2 Å². The van der Waals surface area contributed by atoms with E-state index in [9.17, 15) is 14.0 Å². The van der Waals surface area contributed by atoms with Gasteiger partial charge in [-0.25, -0.2) is 14.2 Å². The predicted molar refractivity (Wildman–Crippen MR) is 106 cm³/mol. The van der Waals surface area contributed by atoms with Gasteiger partial charge >= 0.3 is 11.9 Å². The number of benzene rings is 2. The van der Waals surface area contributed by atoms with Crippen molar-refractivity contribution in [2.75, 3.05) is 6.61 Å². The van der Waals surface area contributed by atoms with Gasteiger partial charge in [0.15, 0.2) is 17.2 Å². The van der Waals surface area contributed by atoms with Crippen LogP contribution in [0.5, 0.6) is 11.5 Å². The molecule has 0 aliphatic carbocycles. The summed E-state index contributed by atoms with van der Waals surface area (Å²) < 4.78 is 29.3. The van der Waals surface area contributed by atoms with E-state index < -0.39 is 17.8 Å². The molecule has 2 aromatic rings. The summed E-state index contributed by atoms with van der Waals surface area (Å²) in [6.07, 6.45) is 1.63. The maximum Gasteiger partial charge on any atom is 0.363 e. The van der Waals surface area contributed by atoms with E-state index in [1.54, 1.807) is 26.0 Å². The molecule has 3 rings (SSSR count). The lowest BCUT2D eigenvalue weighted by atomic mass is 10.1. The number of nitrogens with zero attached hydrogens (tertiary/aromatic N) is 1. The highest BCUT2D eigenvalue weighted by Crippen LogP contribution is 2.38. The number of rotatable bonds is 6. The first-order valence-corrected chi connectivity index (χ1v) is 9.24. The normalized spacial score (nSPS) is 14.6. The van der Waals surface area contributed by atoms with E-state index in [1.807, 2.05) is 0 Å². The number of carbonyl (C=O) groups excluding carboxylic acids is 2. The molecule has 0 saturated carbocycles. The number of hydrogen-bond acceptors (Lipinski definition) is 6. The minimum atomic E-state index is -0.681. The molecular weight excluding hydrogens is 401 g/mol. The van der Waals surface area contributed by atoms with Crippen LogP contribution in [0.4, 0.5) is 4.39 Å². The maximum absolute atomic E-state index is 13.4. The van der Waals surface area contributed by atoms with Crippen LogP contribution in [0, 0.1) is 5.82 Å². The number of carbonyl (C=O) groups is 2. The van der Waals surface area contributed by atoms with Crippen LogP contribution in [0.25, 0.3) is 6.08 Å². The van der Waals surface area contributed by atoms with Gasteiger partial charge in [-0.3, -0.25) is 4.79 Å². The molecule has 0 bridgehead atoms. The smallest absolute Gasteiger partial charge is 0.363 e. The van der Waals surface area contributed by atoms with Crippen molar-refractivity contribution in [3.05, 3.63) is 64.1 Å². The van der Waals surface area contributed by atoms with Crippen molar-refractivity contribution in [1.82, 2.24) is 0 Å². The van der Waals surface area contributed by atoms with Crippen molar-refractivity contribution in [3.8, 4) is 11.5 Å². The van der Waals surface area contributed by atoms with Crippen molar-refractivity contribution >= 4 is 35.5 Å². The second kappa shape index (κ2) is 8.87. The zero-order valence-corrected chi connectivity index (χ0v) is 16.5. The Morgan fingerprint density at radius 2 is 2.07 bits per heavy atom. The first-order chi connectivity index (χ1) is 13.9. The van der Waals surface area contributed by atoms with Crippen LogP contribution in [-0.4, -0.2) is 24.4 Å². The molecule has 6 nitrogen and oxygen atoms in total. The molecule has 1 aliphatic rings. The molecule has 0 atom stereocenters. The lowest BCUT2D eigenvalue weighted by Crippen LogP contribution is -2.08. The molecule has 0 fully saturated rings. The lowest BCUT2D eigenvalue weighted by molar-refractivity contribution is -0.134. The zero-order chi connectivity index (χ0) is 21.0. The highest BCUT2D eigenvalue weighted by Gasteiger charge is 2.25. The summed E-state index contributed by atoms with van der Waals surface area (Å²) >= 11 is 6.26. The quantitative estimate of drug-likeness (QED) is 0.392. The largest absolute Gasteiger partial charge is 0.490 e. The number of esters is 2. The minimum absolute atomic E-state index is 0.00498. The number of hydrogen-bond donors (Lipinski definition) is 0. The summed E-state index contributed by atoms with van der Waals surface area (Å²) in [7, 11) is 0. The Kier molecular flexibility index (Phi) is 6.29. The van der Waals surface area contributed by atoms with E-state index in [0.29, 0.717) is 17.7 Å². The van der Waals surface area contributed by atoms with E-state index in [2.05, 4.69) is 4.99 Å². The third-order valence-corrected chi connectivity index (χ3v) is 4.11. The van der Waals surface area contributed by atoms with E-state index in [0.717, 1.165) is 0 Å². The highest BCUT2D eigenvalue weighted by atomic mass is 35.5. The van der Waals surface area contributed by atoms with Crippen LogP contribution in [0.1, 0.15) is 31.4 Å². The summed E-state index contributed by atoms with van der Waals surface area (Å²) in [6.45, 7) is 3.75. The van der Waals surface area contributed by atoms with Crippen molar-refractivity contribution in [1.29, 1.82) is 0 Å². The molecular formula is C21H17ClFNO5. The number of halogens is 2. The SMILES string of the molecule is CCOc1cc(/C=C2\N=C(c3cccc(F)c3)OC2=O)cc(Cl)c1OC(=O)CC. The summed E-state index contributed by atoms with van der Waals surface area (Å²) in [5, 5.41) is 0.144. The monoisotopic (exact) mass is 417 g/mol. The molecule has 0 aromatic heterocycles. The average Bonchev–Trinajstić information content (AvgIpc) is 3.05. The summed E-state index contributed by atoms with van der Waals surface area (Å²) in [6, 6.07) is 8.66.